The van der Waals surface area contributed by atoms with Gasteiger partial charge in [-0.2, -0.15) is 0 Å². The minimum Gasteiger partial charge on any atom is -0.675 e. The summed E-state index contributed by atoms with van der Waals surface area (Å²) in [7, 11) is -4.42. The summed E-state index contributed by atoms with van der Waals surface area (Å²) in [6, 6.07) is 0.0833. The van der Waals surface area contributed by atoms with Crippen LogP contribution in [0.25, 0.3) is 15.0 Å². The van der Waals surface area contributed by atoms with E-state index < -0.39 is 32.9 Å². The van der Waals surface area contributed by atoms with E-state index in [0.717, 1.165) is 0 Å². The Labute approximate surface area is 162 Å². The van der Waals surface area contributed by atoms with Crippen LogP contribution >= 0.6 is 0 Å². The molecule has 0 radical (unpaired) electrons. The average Bonchev–Trinajstić information content (AvgIpc) is 1.84. The van der Waals surface area contributed by atoms with Gasteiger partial charge in [0.2, 0.25) is 0 Å². The fraction of sp³-hybridized carbons (Fsp3) is 1.00. The number of nitrogens with zero attached hydrogens (tertiary/aromatic N) is 2. The Kier molecular flexibility index (Phi) is 17.5. The van der Waals surface area contributed by atoms with Crippen LogP contribution in [-0.2, 0) is 16.8 Å². The molecule has 0 heterocycles. The SMILES string of the molecule is CC(C)[NH-].C[Si](C)(C)[N-][Si](C)(C)C.C[Si](C)(C)[N-][Si](C)(C)C.[Co+3]. The minimum atomic E-state index is -1.11. The third kappa shape index (κ3) is 59.8. The van der Waals surface area contributed by atoms with Crippen LogP contribution in [0.1, 0.15) is 13.8 Å². The van der Waals surface area contributed by atoms with Crippen LogP contribution in [0, 0.1) is 0 Å². The molecule has 0 aromatic rings. The summed E-state index contributed by atoms with van der Waals surface area (Å²) in [5.41, 5.74) is 6.58. The molecule has 0 spiro atoms. The van der Waals surface area contributed by atoms with Gasteiger partial charge in [-0.25, -0.2) is 0 Å². The zero-order valence-electron chi connectivity index (χ0n) is 18.3. The molecule has 0 aliphatic rings. The smallest absolute Gasteiger partial charge is 0.675 e. The molecular formula is C15H44CoN3Si4. The quantitative estimate of drug-likeness (QED) is 0.409. The van der Waals surface area contributed by atoms with Gasteiger partial charge < -0.3 is 15.0 Å². The van der Waals surface area contributed by atoms with E-state index in [2.05, 4.69) is 78.6 Å². The standard InChI is InChI=1S/2C6H18NSi2.C3H8N.Co/c2*1-8(2,3)7-9(4,5)6;1-3(2)4;/h2*1-6H3;3-4H,1-2H3;/q3*-1;+3. The van der Waals surface area contributed by atoms with Crippen LogP contribution in [0.2, 0.25) is 78.6 Å². The van der Waals surface area contributed by atoms with Crippen LogP contribution in [0.5, 0.6) is 0 Å². The van der Waals surface area contributed by atoms with Crippen LogP contribution < -0.4 is 0 Å². The topological polar surface area (TPSA) is 52.0 Å². The summed E-state index contributed by atoms with van der Waals surface area (Å²) < 4.78 is 9.64. The molecule has 0 aromatic carbocycles. The molecule has 0 bridgehead atoms. The minimum absolute atomic E-state index is 0. The maximum atomic E-state index is 6.58. The maximum absolute atomic E-state index is 6.58. The van der Waals surface area contributed by atoms with Crippen LogP contribution in [0.4, 0.5) is 0 Å². The van der Waals surface area contributed by atoms with Gasteiger partial charge in [-0.3, -0.25) is 0 Å². The summed E-state index contributed by atoms with van der Waals surface area (Å²) >= 11 is 0. The molecule has 8 heteroatoms. The van der Waals surface area contributed by atoms with E-state index in [1.807, 2.05) is 13.8 Å². The van der Waals surface area contributed by atoms with E-state index in [1.54, 1.807) is 0 Å². The first-order valence-electron chi connectivity index (χ1n) is 8.34. The first-order valence-corrected chi connectivity index (χ1v) is 22.1. The van der Waals surface area contributed by atoms with E-state index >= 15 is 0 Å². The van der Waals surface area contributed by atoms with Crippen LogP contribution in [0.3, 0.4) is 0 Å². The van der Waals surface area contributed by atoms with Crippen molar-refractivity contribution in [2.24, 2.45) is 0 Å². The Balaban J connectivity index is -0.000000124. The molecule has 0 saturated heterocycles. The Morgan fingerprint density at radius 3 is 0.609 bits per heavy atom. The molecule has 0 unspecified atom stereocenters. The molecule has 0 atom stereocenters. The molecule has 144 valence electrons. The molecule has 0 rings (SSSR count). The molecule has 0 saturated carbocycles. The zero-order valence-corrected chi connectivity index (χ0v) is 23.3. The van der Waals surface area contributed by atoms with E-state index in [4.69, 9.17) is 15.0 Å². The van der Waals surface area contributed by atoms with Crippen molar-refractivity contribution in [3.63, 3.8) is 0 Å². The summed E-state index contributed by atoms with van der Waals surface area (Å²) in [6.07, 6.45) is 0. The Bertz CT molecular complexity index is 222. The van der Waals surface area contributed by atoms with Crippen molar-refractivity contribution in [3.05, 3.63) is 15.0 Å². The monoisotopic (exact) mass is 437 g/mol. The Morgan fingerprint density at radius 2 is 0.609 bits per heavy atom. The summed E-state index contributed by atoms with van der Waals surface area (Å²) in [5.74, 6) is 0. The second-order valence-electron chi connectivity index (χ2n) is 10.1. The third-order valence-corrected chi connectivity index (χ3v) is 12.1. The van der Waals surface area contributed by atoms with Gasteiger partial charge in [0, 0.05) is 0 Å². The number of nitrogens with one attached hydrogen (secondary N) is 1. The zero-order chi connectivity index (χ0) is 19.0. The molecule has 0 fully saturated rings. The molecule has 1 N–H and O–H groups in total. The number of hydrogen-bond acceptors (Lipinski definition) is 0. The maximum Gasteiger partial charge on any atom is 3.00 e. The van der Waals surface area contributed by atoms with Gasteiger partial charge in [-0.15, -0.1) is 6.04 Å². The van der Waals surface area contributed by atoms with E-state index in [9.17, 15) is 0 Å². The van der Waals surface area contributed by atoms with Crippen molar-refractivity contribution >= 4 is 32.9 Å². The van der Waals surface area contributed by atoms with E-state index in [1.165, 1.54) is 0 Å². The van der Waals surface area contributed by atoms with Gasteiger partial charge in [-0.05, 0) is 0 Å². The first-order chi connectivity index (χ1) is 9.15. The molecule has 0 aromatic heterocycles. The van der Waals surface area contributed by atoms with E-state index in [0.29, 0.717) is 0 Å². The molecule has 0 aliphatic heterocycles. The van der Waals surface area contributed by atoms with Crippen LogP contribution in [-0.4, -0.2) is 39.0 Å². The third-order valence-electron chi connectivity index (χ3n) is 1.34. The average molecular weight is 438 g/mol. The van der Waals surface area contributed by atoms with Gasteiger partial charge in [0.15, 0.2) is 0 Å². The van der Waals surface area contributed by atoms with Gasteiger partial charge in [0.1, 0.15) is 0 Å². The van der Waals surface area contributed by atoms with Crippen molar-refractivity contribution < 1.29 is 16.8 Å². The van der Waals surface area contributed by atoms with Crippen LogP contribution in [0.15, 0.2) is 0 Å². The largest absolute Gasteiger partial charge is 3.00 e. The van der Waals surface area contributed by atoms with Crippen molar-refractivity contribution in [1.82, 2.24) is 0 Å². The summed E-state index contributed by atoms with van der Waals surface area (Å²) in [6.45, 7) is 31.2. The predicted molar refractivity (Wildman–Crippen MR) is 120 cm³/mol. The summed E-state index contributed by atoms with van der Waals surface area (Å²) in [4.78, 5) is 0. The van der Waals surface area contributed by atoms with Crippen molar-refractivity contribution in [3.8, 4) is 0 Å². The van der Waals surface area contributed by atoms with Crippen molar-refractivity contribution in [2.45, 2.75) is 98.5 Å². The molecule has 0 aliphatic carbocycles. The molecular weight excluding hydrogens is 393 g/mol. The van der Waals surface area contributed by atoms with Gasteiger partial charge in [0.05, 0.1) is 0 Å². The normalized spacial score (nSPS) is 12.5. The predicted octanol–water partition coefficient (Wildman–Crippen LogP) is 7.50. The Morgan fingerprint density at radius 1 is 0.522 bits per heavy atom. The van der Waals surface area contributed by atoms with Crippen molar-refractivity contribution in [1.29, 1.82) is 0 Å². The first kappa shape index (κ1) is 32.0. The summed E-state index contributed by atoms with van der Waals surface area (Å²) in [5, 5.41) is 0. The second kappa shape index (κ2) is 12.6. The van der Waals surface area contributed by atoms with Crippen molar-refractivity contribution in [2.75, 3.05) is 0 Å². The van der Waals surface area contributed by atoms with Gasteiger partial charge in [0.25, 0.3) is 0 Å². The fourth-order valence-electron chi connectivity index (χ4n) is 2.01. The van der Waals surface area contributed by atoms with E-state index in [-0.39, 0.29) is 22.8 Å². The second-order valence-corrected chi connectivity index (χ2v) is 29.2. The van der Waals surface area contributed by atoms with Gasteiger partial charge >= 0.3 is 16.8 Å². The number of rotatable bonds is 4. The van der Waals surface area contributed by atoms with Gasteiger partial charge in [-0.1, -0.05) is 125 Å². The molecule has 0 amide bonds. The molecule has 3 nitrogen and oxygen atoms in total. The Hall–Kier alpha value is 1.25. The number of hydrogen-bond donors (Lipinski definition) is 0. The molecule has 23 heavy (non-hydrogen) atoms. The fourth-order valence-corrected chi connectivity index (χ4v) is 18.1.